The highest BCUT2D eigenvalue weighted by molar-refractivity contribution is 8.00. The van der Waals surface area contributed by atoms with E-state index in [9.17, 15) is 9.59 Å². The SMILES string of the molecule is CC(Sc1cccc(NC(=O)/C=C/c2ccccc2)c1)C(=O)Nc1ccccn1. The summed E-state index contributed by atoms with van der Waals surface area (Å²) < 4.78 is 0. The molecule has 0 radical (unpaired) electrons. The van der Waals surface area contributed by atoms with Gasteiger partial charge in [0.2, 0.25) is 11.8 Å². The van der Waals surface area contributed by atoms with E-state index in [0.29, 0.717) is 11.5 Å². The number of rotatable bonds is 7. The Balaban J connectivity index is 1.56. The van der Waals surface area contributed by atoms with Crippen molar-refractivity contribution in [2.75, 3.05) is 10.6 Å². The lowest BCUT2D eigenvalue weighted by molar-refractivity contribution is -0.115. The van der Waals surface area contributed by atoms with Gasteiger partial charge in [0.05, 0.1) is 5.25 Å². The summed E-state index contributed by atoms with van der Waals surface area (Å²) in [7, 11) is 0. The number of anilines is 2. The molecule has 0 aliphatic rings. The molecule has 0 aliphatic carbocycles. The predicted octanol–water partition coefficient (Wildman–Crippen LogP) is 4.85. The van der Waals surface area contributed by atoms with Crippen LogP contribution in [0, 0.1) is 0 Å². The molecular weight excluding hydrogens is 382 g/mol. The van der Waals surface area contributed by atoms with Crippen molar-refractivity contribution < 1.29 is 9.59 Å². The largest absolute Gasteiger partial charge is 0.322 e. The molecule has 5 nitrogen and oxygen atoms in total. The van der Waals surface area contributed by atoms with E-state index >= 15 is 0 Å². The van der Waals surface area contributed by atoms with E-state index in [1.807, 2.05) is 67.6 Å². The maximum atomic E-state index is 12.3. The molecule has 146 valence electrons. The van der Waals surface area contributed by atoms with Gasteiger partial charge in [0.15, 0.2) is 0 Å². The van der Waals surface area contributed by atoms with Crippen LogP contribution in [0.3, 0.4) is 0 Å². The monoisotopic (exact) mass is 403 g/mol. The van der Waals surface area contributed by atoms with Crippen molar-refractivity contribution in [1.82, 2.24) is 4.98 Å². The zero-order valence-electron chi connectivity index (χ0n) is 15.9. The average molecular weight is 404 g/mol. The van der Waals surface area contributed by atoms with Crippen LogP contribution >= 0.6 is 11.8 Å². The quantitative estimate of drug-likeness (QED) is 0.437. The molecule has 2 amide bonds. The Bertz CT molecular complexity index is 991. The van der Waals surface area contributed by atoms with Crippen molar-refractivity contribution in [3.8, 4) is 0 Å². The summed E-state index contributed by atoms with van der Waals surface area (Å²) in [6.45, 7) is 1.83. The van der Waals surface area contributed by atoms with Crippen LogP contribution in [0.15, 0.2) is 90.0 Å². The van der Waals surface area contributed by atoms with Gasteiger partial charge in [0, 0.05) is 22.9 Å². The molecule has 2 aromatic carbocycles. The highest BCUT2D eigenvalue weighted by Crippen LogP contribution is 2.26. The van der Waals surface area contributed by atoms with Crippen LogP contribution in [0.5, 0.6) is 0 Å². The van der Waals surface area contributed by atoms with Gasteiger partial charge in [-0.25, -0.2) is 4.98 Å². The number of nitrogens with zero attached hydrogens (tertiary/aromatic N) is 1. The number of amides is 2. The number of hydrogen-bond donors (Lipinski definition) is 2. The molecule has 0 aliphatic heterocycles. The molecule has 0 fully saturated rings. The number of hydrogen-bond acceptors (Lipinski definition) is 4. The zero-order chi connectivity index (χ0) is 20.5. The number of carbonyl (C=O) groups is 2. The molecule has 6 heteroatoms. The number of pyridine rings is 1. The maximum Gasteiger partial charge on any atom is 0.248 e. The lowest BCUT2D eigenvalue weighted by atomic mass is 10.2. The minimum absolute atomic E-state index is 0.131. The lowest BCUT2D eigenvalue weighted by Gasteiger charge is -2.12. The Labute approximate surface area is 174 Å². The highest BCUT2D eigenvalue weighted by atomic mass is 32.2. The first-order valence-electron chi connectivity index (χ1n) is 9.13. The van der Waals surface area contributed by atoms with Gasteiger partial charge in [-0.2, -0.15) is 0 Å². The first-order chi connectivity index (χ1) is 14.1. The molecule has 1 aromatic heterocycles. The van der Waals surface area contributed by atoms with Gasteiger partial charge in [-0.05, 0) is 48.9 Å². The second-order valence-electron chi connectivity index (χ2n) is 6.23. The first-order valence-corrected chi connectivity index (χ1v) is 10.0. The third kappa shape index (κ3) is 6.62. The summed E-state index contributed by atoms with van der Waals surface area (Å²) in [5, 5.41) is 5.32. The smallest absolute Gasteiger partial charge is 0.248 e. The summed E-state index contributed by atoms with van der Waals surface area (Å²) in [4.78, 5) is 29.5. The van der Waals surface area contributed by atoms with Gasteiger partial charge in [0.1, 0.15) is 5.82 Å². The van der Waals surface area contributed by atoms with Gasteiger partial charge in [-0.3, -0.25) is 9.59 Å². The molecule has 3 rings (SSSR count). The Morgan fingerprint density at radius 3 is 2.52 bits per heavy atom. The predicted molar refractivity (Wildman–Crippen MR) is 119 cm³/mol. The van der Waals surface area contributed by atoms with Gasteiger partial charge < -0.3 is 10.6 Å². The van der Waals surface area contributed by atoms with Crippen LogP contribution in [-0.4, -0.2) is 22.0 Å². The fourth-order valence-electron chi connectivity index (χ4n) is 2.49. The fraction of sp³-hybridized carbons (Fsp3) is 0.0870. The van der Waals surface area contributed by atoms with Crippen molar-refractivity contribution in [1.29, 1.82) is 0 Å². The van der Waals surface area contributed by atoms with Crippen molar-refractivity contribution in [2.45, 2.75) is 17.1 Å². The Morgan fingerprint density at radius 1 is 0.966 bits per heavy atom. The van der Waals surface area contributed by atoms with E-state index in [-0.39, 0.29) is 17.1 Å². The number of benzene rings is 2. The van der Waals surface area contributed by atoms with E-state index in [4.69, 9.17) is 0 Å². The van der Waals surface area contributed by atoms with Crippen LogP contribution in [0.1, 0.15) is 12.5 Å². The third-order valence-corrected chi connectivity index (χ3v) is 5.02. The lowest BCUT2D eigenvalue weighted by Crippen LogP contribution is -2.22. The molecule has 1 atom stereocenters. The minimum atomic E-state index is -0.319. The number of nitrogens with one attached hydrogen (secondary N) is 2. The van der Waals surface area contributed by atoms with Gasteiger partial charge >= 0.3 is 0 Å². The van der Waals surface area contributed by atoms with E-state index in [1.54, 1.807) is 24.4 Å². The molecule has 29 heavy (non-hydrogen) atoms. The molecule has 0 saturated heterocycles. The molecule has 0 spiro atoms. The second-order valence-corrected chi connectivity index (χ2v) is 7.64. The summed E-state index contributed by atoms with van der Waals surface area (Å²) in [6, 6.07) is 22.4. The third-order valence-electron chi connectivity index (χ3n) is 3.93. The summed E-state index contributed by atoms with van der Waals surface area (Å²) >= 11 is 1.41. The molecule has 0 saturated carbocycles. The van der Waals surface area contributed by atoms with E-state index in [2.05, 4.69) is 15.6 Å². The standard InChI is InChI=1S/C23H21N3O2S/c1-17(23(28)26-21-12-5-6-15-24-21)29-20-11-7-10-19(16-20)25-22(27)14-13-18-8-3-2-4-9-18/h2-17H,1H3,(H,25,27)(H,24,26,28)/b14-13+. The van der Waals surface area contributed by atoms with E-state index in [1.165, 1.54) is 17.8 Å². The van der Waals surface area contributed by atoms with Crippen molar-refractivity contribution >= 4 is 41.2 Å². The molecular formula is C23H21N3O2S. The minimum Gasteiger partial charge on any atom is -0.322 e. The first kappa shape index (κ1) is 20.4. The molecule has 1 heterocycles. The van der Waals surface area contributed by atoms with Crippen LogP contribution in [-0.2, 0) is 9.59 Å². The Morgan fingerprint density at radius 2 is 1.76 bits per heavy atom. The topological polar surface area (TPSA) is 71.1 Å². The fourth-order valence-corrected chi connectivity index (χ4v) is 3.42. The maximum absolute atomic E-state index is 12.3. The second kappa shape index (κ2) is 10.2. The molecule has 3 aromatic rings. The van der Waals surface area contributed by atoms with Crippen molar-refractivity contribution in [3.05, 3.63) is 90.6 Å². The van der Waals surface area contributed by atoms with Gasteiger partial charge in [-0.15, -0.1) is 11.8 Å². The van der Waals surface area contributed by atoms with Crippen molar-refractivity contribution in [2.24, 2.45) is 0 Å². The van der Waals surface area contributed by atoms with E-state index < -0.39 is 0 Å². The normalized spacial score (nSPS) is 11.8. The van der Waals surface area contributed by atoms with Gasteiger partial charge in [0.25, 0.3) is 0 Å². The van der Waals surface area contributed by atoms with Crippen LogP contribution in [0.2, 0.25) is 0 Å². The number of carbonyl (C=O) groups excluding carboxylic acids is 2. The number of aromatic nitrogens is 1. The molecule has 1 unspecified atom stereocenters. The summed E-state index contributed by atoms with van der Waals surface area (Å²) in [5.41, 5.74) is 1.63. The van der Waals surface area contributed by atoms with E-state index in [0.717, 1.165) is 10.5 Å². The molecule has 0 bridgehead atoms. The average Bonchev–Trinajstić information content (AvgIpc) is 2.74. The highest BCUT2D eigenvalue weighted by Gasteiger charge is 2.15. The summed E-state index contributed by atoms with van der Waals surface area (Å²) in [5.74, 6) is 0.182. The van der Waals surface area contributed by atoms with Crippen LogP contribution in [0.4, 0.5) is 11.5 Å². The van der Waals surface area contributed by atoms with Crippen molar-refractivity contribution in [3.63, 3.8) is 0 Å². The van der Waals surface area contributed by atoms with Gasteiger partial charge in [-0.1, -0.05) is 42.5 Å². The summed E-state index contributed by atoms with van der Waals surface area (Å²) in [6.07, 6.45) is 4.89. The number of thioether (sulfide) groups is 1. The Kier molecular flexibility index (Phi) is 7.19. The zero-order valence-corrected chi connectivity index (χ0v) is 16.7. The molecule has 2 N–H and O–H groups in total. The van der Waals surface area contributed by atoms with Crippen LogP contribution in [0.25, 0.3) is 6.08 Å². The Hall–Kier alpha value is -3.38. The van der Waals surface area contributed by atoms with Crippen LogP contribution < -0.4 is 10.6 Å².